The molecule has 1 N–H and O–H groups in total. The van der Waals surface area contributed by atoms with Crippen molar-refractivity contribution < 1.29 is 17.9 Å². The summed E-state index contributed by atoms with van der Waals surface area (Å²) in [6.45, 7) is 4.73. The molecule has 8 heteroatoms. The summed E-state index contributed by atoms with van der Waals surface area (Å²) < 4.78 is 32.4. The van der Waals surface area contributed by atoms with Crippen molar-refractivity contribution >= 4 is 15.9 Å². The van der Waals surface area contributed by atoms with Crippen molar-refractivity contribution in [2.24, 2.45) is 5.92 Å². The maximum absolute atomic E-state index is 12.9. The monoisotopic (exact) mass is 435 g/mol. The minimum atomic E-state index is -3.60. The number of nitrogens with zero attached hydrogens (tertiary/aromatic N) is 2. The van der Waals surface area contributed by atoms with Crippen molar-refractivity contribution in [2.75, 3.05) is 45.9 Å². The lowest BCUT2D eigenvalue weighted by Crippen LogP contribution is -2.45. The fourth-order valence-corrected chi connectivity index (χ4v) is 6.27. The lowest BCUT2D eigenvalue weighted by atomic mass is 10.0. The van der Waals surface area contributed by atoms with E-state index < -0.39 is 10.0 Å². The third-order valence-electron chi connectivity index (χ3n) is 6.62. The zero-order valence-electron chi connectivity index (χ0n) is 17.6. The SMILES string of the molecule is O=C(NC1CCN(CC2CCCC2)CC1)c1cccc(S(=O)(=O)N2CCOCC2)c1. The van der Waals surface area contributed by atoms with E-state index in [1.54, 1.807) is 18.2 Å². The van der Waals surface area contributed by atoms with Crippen molar-refractivity contribution in [1.29, 1.82) is 0 Å². The second-order valence-electron chi connectivity index (χ2n) is 8.74. The second-order valence-corrected chi connectivity index (χ2v) is 10.7. The van der Waals surface area contributed by atoms with Crippen LogP contribution in [0, 0.1) is 5.92 Å². The van der Waals surface area contributed by atoms with E-state index >= 15 is 0 Å². The molecule has 0 atom stereocenters. The topological polar surface area (TPSA) is 79.0 Å². The van der Waals surface area contributed by atoms with Gasteiger partial charge >= 0.3 is 0 Å². The van der Waals surface area contributed by atoms with Crippen LogP contribution in [0.1, 0.15) is 48.9 Å². The zero-order chi connectivity index (χ0) is 21.0. The molecule has 0 bridgehead atoms. The third-order valence-corrected chi connectivity index (χ3v) is 8.51. The average molecular weight is 436 g/mol. The molecule has 0 radical (unpaired) electrons. The summed E-state index contributed by atoms with van der Waals surface area (Å²) in [7, 11) is -3.60. The first-order chi connectivity index (χ1) is 14.5. The molecular formula is C22H33N3O4S. The molecule has 2 aliphatic heterocycles. The number of likely N-dealkylation sites (tertiary alicyclic amines) is 1. The zero-order valence-corrected chi connectivity index (χ0v) is 18.4. The summed E-state index contributed by atoms with van der Waals surface area (Å²) in [5, 5.41) is 3.11. The Labute approximate surface area is 179 Å². The van der Waals surface area contributed by atoms with Crippen LogP contribution in [0.4, 0.5) is 0 Å². The molecule has 2 saturated heterocycles. The number of morpholine rings is 1. The molecule has 1 aliphatic carbocycles. The Balaban J connectivity index is 1.32. The van der Waals surface area contributed by atoms with Crippen LogP contribution in [-0.4, -0.2) is 75.5 Å². The Morgan fingerprint density at radius 1 is 1.03 bits per heavy atom. The number of carbonyl (C=O) groups is 1. The summed E-state index contributed by atoms with van der Waals surface area (Å²) in [4.78, 5) is 15.5. The number of amides is 1. The molecule has 30 heavy (non-hydrogen) atoms. The van der Waals surface area contributed by atoms with E-state index in [0.29, 0.717) is 31.9 Å². The molecule has 2 heterocycles. The summed E-state index contributed by atoms with van der Waals surface area (Å²) in [6, 6.07) is 6.53. The van der Waals surface area contributed by atoms with Crippen molar-refractivity contribution in [1.82, 2.24) is 14.5 Å². The minimum absolute atomic E-state index is 0.150. The molecular weight excluding hydrogens is 402 g/mol. The normalized spacial score (nSPS) is 22.9. The van der Waals surface area contributed by atoms with Gasteiger partial charge in [0.15, 0.2) is 0 Å². The van der Waals surface area contributed by atoms with Gasteiger partial charge in [0.2, 0.25) is 10.0 Å². The molecule has 7 nitrogen and oxygen atoms in total. The molecule has 1 amide bonds. The highest BCUT2D eigenvalue weighted by molar-refractivity contribution is 7.89. The fraction of sp³-hybridized carbons (Fsp3) is 0.682. The fourth-order valence-electron chi connectivity index (χ4n) is 4.82. The number of rotatable bonds is 6. The largest absolute Gasteiger partial charge is 0.379 e. The number of ether oxygens (including phenoxy) is 1. The van der Waals surface area contributed by atoms with Crippen molar-refractivity contribution in [3.05, 3.63) is 29.8 Å². The van der Waals surface area contributed by atoms with Gasteiger partial charge in [-0.2, -0.15) is 4.31 Å². The number of sulfonamides is 1. The van der Waals surface area contributed by atoms with Gasteiger partial charge in [-0.1, -0.05) is 18.9 Å². The first-order valence-corrected chi connectivity index (χ1v) is 12.7. The Kier molecular flexibility index (Phi) is 7.08. The van der Waals surface area contributed by atoms with Gasteiger partial charge in [0.1, 0.15) is 0 Å². The highest BCUT2D eigenvalue weighted by Gasteiger charge is 2.28. The first-order valence-electron chi connectivity index (χ1n) is 11.2. The van der Waals surface area contributed by atoms with Gasteiger partial charge in [-0.05, 0) is 49.8 Å². The molecule has 0 aromatic heterocycles. The lowest BCUT2D eigenvalue weighted by Gasteiger charge is -2.33. The van der Waals surface area contributed by atoms with E-state index in [-0.39, 0.29) is 16.8 Å². The Bertz CT molecular complexity index is 825. The van der Waals surface area contributed by atoms with E-state index in [2.05, 4.69) is 10.2 Å². The highest BCUT2D eigenvalue weighted by atomic mass is 32.2. The third kappa shape index (κ3) is 5.22. The molecule has 0 spiro atoms. The summed E-state index contributed by atoms with van der Waals surface area (Å²) >= 11 is 0. The second kappa shape index (κ2) is 9.77. The predicted octanol–water partition coefficient (Wildman–Crippen LogP) is 2.09. The van der Waals surface area contributed by atoms with E-state index in [9.17, 15) is 13.2 Å². The van der Waals surface area contributed by atoms with E-state index in [0.717, 1.165) is 31.8 Å². The van der Waals surface area contributed by atoms with Crippen LogP contribution in [0.15, 0.2) is 29.2 Å². The highest BCUT2D eigenvalue weighted by Crippen LogP contribution is 2.26. The number of hydrogen-bond donors (Lipinski definition) is 1. The molecule has 166 valence electrons. The van der Waals surface area contributed by atoms with Crippen LogP contribution in [-0.2, 0) is 14.8 Å². The van der Waals surface area contributed by atoms with Gasteiger partial charge in [-0.15, -0.1) is 0 Å². The molecule has 1 aromatic rings. The summed E-state index contributed by atoms with van der Waals surface area (Å²) in [5.74, 6) is 0.663. The van der Waals surface area contributed by atoms with Gasteiger partial charge < -0.3 is 15.0 Å². The lowest BCUT2D eigenvalue weighted by molar-refractivity contribution is 0.0730. The molecule has 3 aliphatic rings. The van der Waals surface area contributed by atoms with Gasteiger partial charge in [-0.25, -0.2) is 8.42 Å². The summed E-state index contributed by atoms with van der Waals surface area (Å²) in [5.41, 5.74) is 0.401. The van der Waals surface area contributed by atoms with Crippen LogP contribution in [0.3, 0.4) is 0 Å². The van der Waals surface area contributed by atoms with E-state index in [1.807, 2.05) is 0 Å². The van der Waals surface area contributed by atoms with Gasteiger partial charge in [-0.3, -0.25) is 4.79 Å². The molecule has 1 aromatic carbocycles. The quantitative estimate of drug-likeness (QED) is 0.740. The smallest absolute Gasteiger partial charge is 0.251 e. The van der Waals surface area contributed by atoms with Crippen LogP contribution < -0.4 is 5.32 Å². The molecule has 1 saturated carbocycles. The Morgan fingerprint density at radius 2 is 1.73 bits per heavy atom. The van der Waals surface area contributed by atoms with Crippen LogP contribution in [0.5, 0.6) is 0 Å². The van der Waals surface area contributed by atoms with E-state index in [1.165, 1.54) is 42.6 Å². The van der Waals surface area contributed by atoms with Crippen molar-refractivity contribution in [3.8, 4) is 0 Å². The van der Waals surface area contributed by atoms with Crippen LogP contribution >= 0.6 is 0 Å². The van der Waals surface area contributed by atoms with Crippen molar-refractivity contribution in [3.63, 3.8) is 0 Å². The standard InChI is InChI=1S/C22H33N3O4S/c26-22(23-20-8-10-24(11-9-20)17-18-4-1-2-5-18)19-6-3-7-21(16-19)30(27,28)25-12-14-29-15-13-25/h3,6-7,16,18,20H,1-2,4-5,8-15,17H2,(H,23,26). The number of nitrogens with one attached hydrogen (secondary N) is 1. The maximum Gasteiger partial charge on any atom is 0.251 e. The summed E-state index contributed by atoms with van der Waals surface area (Å²) in [6.07, 6.45) is 7.37. The van der Waals surface area contributed by atoms with E-state index in [4.69, 9.17) is 4.74 Å². The van der Waals surface area contributed by atoms with Gasteiger partial charge in [0.05, 0.1) is 18.1 Å². The number of piperidine rings is 1. The van der Waals surface area contributed by atoms with Crippen molar-refractivity contribution in [2.45, 2.75) is 49.5 Å². The molecule has 4 rings (SSSR count). The van der Waals surface area contributed by atoms with Crippen LogP contribution in [0.2, 0.25) is 0 Å². The average Bonchev–Trinajstić information content (AvgIpc) is 3.29. The Hall–Kier alpha value is -1.48. The number of hydrogen-bond acceptors (Lipinski definition) is 5. The maximum atomic E-state index is 12.9. The van der Waals surface area contributed by atoms with Gasteiger partial charge in [0, 0.05) is 44.3 Å². The molecule has 0 unspecified atom stereocenters. The number of benzene rings is 1. The molecule has 3 fully saturated rings. The Morgan fingerprint density at radius 3 is 2.43 bits per heavy atom. The minimum Gasteiger partial charge on any atom is -0.379 e. The predicted molar refractivity (Wildman–Crippen MR) is 115 cm³/mol. The van der Waals surface area contributed by atoms with Crippen LogP contribution in [0.25, 0.3) is 0 Å². The first kappa shape index (κ1) is 21.7. The van der Waals surface area contributed by atoms with Gasteiger partial charge in [0.25, 0.3) is 5.91 Å². The number of carbonyl (C=O) groups excluding carboxylic acids is 1.